The van der Waals surface area contributed by atoms with Crippen LogP contribution in [-0.4, -0.2) is 51.9 Å². The minimum atomic E-state index is -4.50. The zero-order chi connectivity index (χ0) is 25.4. The first kappa shape index (κ1) is 24.9. The predicted molar refractivity (Wildman–Crippen MR) is 112 cm³/mol. The van der Waals surface area contributed by atoms with E-state index in [4.69, 9.17) is 4.74 Å². The lowest BCUT2D eigenvalue weighted by Gasteiger charge is -2.31. The van der Waals surface area contributed by atoms with Crippen LogP contribution in [0.1, 0.15) is 54.6 Å². The molecule has 3 heterocycles. The van der Waals surface area contributed by atoms with Crippen molar-refractivity contribution < 1.29 is 31.5 Å². The number of aromatic nitrogens is 4. The van der Waals surface area contributed by atoms with E-state index >= 15 is 0 Å². The highest BCUT2D eigenvalue weighted by Crippen LogP contribution is 2.36. The number of H-pyrrole nitrogens is 1. The lowest BCUT2D eigenvalue weighted by molar-refractivity contribution is -0.138. The Hall–Kier alpha value is -3.16. The highest BCUT2D eigenvalue weighted by Gasteiger charge is 2.38. The summed E-state index contributed by atoms with van der Waals surface area (Å²) in [5.74, 6) is -3.59. The third-order valence-electron chi connectivity index (χ3n) is 6.04. The largest absolute Gasteiger partial charge is 0.419 e. The van der Waals surface area contributed by atoms with Gasteiger partial charge in [-0.15, -0.1) is 0 Å². The molecule has 2 aromatic rings. The normalized spacial score (nSPS) is 19.0. The molecule has 1 aliphatic heterocycles. The summed E-state index contributed by atoms with van der Waals surface area (Å²) in [5, 5.41) is 8.66. The summed E-state index contributed by atoms with van der Waals surface area (Å²) in [5.41, 5.74) is -2.11. The number of nitrogens with one attached hydrogen (secondary N) is 2. The maximum Gasteiger partial charge on any atom is 0.419 e. The van der Waals surface area contributed by atoms with Crippen molar-refractivity contribution in [2.24, 2.45) is 0 Å². The number of carbonyl (C=O) groups is 1. The van der Waals surface area contributed by atoms with E-state index in [1.807, 2.05) is 0 Å². The monoisotopic (exact) mass is 502 g/mol. The number of alkyl halides is 5. The molecule has 2 N–H and O–H groups in total. The van der Waals surface area contributed by atoms with Crippen molar-refractivity contribution in [2.45, 2.75) is 56.9 Å². The van der Waals surface area contributed by atoms with Crippen LogP contribution in [0.15, 0.2) is 17.2 Å². The average molecular weight is 502 g/mol. The standard InChI is InChI=1S/C21H23F5N6O3/c1-20(22,23)16-13-2-3-14(17(13)30-31-18(16)34)29-15(33)10-35-12-4-6-32(7-5-12)19-27-8-11(9-28-19)21(24,25)26/h8-9,12,14H,2-7,10H2,1H3,(H,29,33)(H,31,34). The molecular formula is C21H23F5N6O3. The summed E-state index contributed by atoms with van der Waals surface area (Å²) in [6, 6.07) is -0.613. The van der Waals surface area contributed by atoms with E-state index in [1.165, 1.54) is 0 Å². The van der Waals surface area contributed by atoms with Crippen molar-refractivity contribution in [1.29, 1.82) is 0 Å². The maximum atomic E-state index is 13.9. The Kier molecular flexibility index (Phi) is 6.75. The number of carbonyl (C=O) groups excluding carboxylic acids is 1. The van der Waals surface area contributed by atoms with Crippen LogP contribution in [0.25, 0.3) is 0 Å². The van der Waals surface area contributed by atoms with Crippen molar-refractivity contribution >= 4 is 11.9 Å². The summed E-state index contributed by atoms with van der Waals surface area (Å²) in [4.78, 5) is 33.5. The Bertz CT molecular complexity index is 1120. The van der Waals surface area contributed by atoms with E-state index in [-0.39, 0.29) is 36.3 Å². The number of hydrogen-bond acceptors (Lipinski definition) is 7. The third kappa shape index (κ3) is 5.57. The minimum absolute atomic E-state index is 0.158. The molecule has 2 aromatic heterocycles. The van der Waals surface area contributed by atoms with Gasteiger partial charge in [-0.2, -0.15) is 18.3 Å². The van der Waals surface area contributed by atoms with Crippen LogP contribution >= 0.6 is 0 Å². The second kappa shape index (κ2) is 9.47. The summed E-state index contributed by atoms with van der Waals surface area (Å²) < 4.78 is 71.4. The summed E-state index contributed by atoms with van der Waals surface area (Å²) in [6.07, 6.45) is -1.71. The van der Waals surface area contributed by atoms with Crippen LogP contribution in [-0.2, 0) is 28.1 Å². The molecule has 1 amide bonds. The number of halogens is 5. The lowest BCUT2D eigenvalue weighted by atomic mass is 10.0. The van der Waals surface area contributed by atoms with Crippen molar-refractivity contribution in [2.75, 3.05) is 24.6 Å². The molecule has 1 aliphatic carbocycles. The fraction of sp³-hybridized carbons (Fsp3) is 0.571. The second-order valence-corrected chi connectivity index (χ2v) is 8.61. The number of piperidine rings is 1. The maximum absolute atomic E-state index is 13.9. The molecule has 0 radical (unpaired) electrons. The number of aromatic amines is 1. The molecule has 0 spiro atoms. The van der Waals surface area contributed by atoms with Crippen LogP contribution in [0.3, 0.4) is 0 Å². The van der Waals surface area contributed by atoms with Gasteiger partial charge in [0, 0.05) is 32.4 Å². The SMILES string of the molecule is CC(F)(F)c1c2c(n[nH]c1=O)C(NC(=O)COC1CCN(c3ncc(C(F)(F)F)cn3)CC1)CC2. The summed E-state index contributed by atoms with van der Waals surface area (Å²) >= 11 is 0. The van der Waals surface area contributed by atoms with E-state index in [9.17, 15) is 31.5 Å². The van der Waals surface area contributed by atoms with E-state index in [1.54, 1.807) is 4.90 Å². The zero-order valence-electron chi connectivity index (χ0n) is 18.7. The first-order valence-electron chi connectivity index (χ1n) is 11.0. The quantitative estimate of drug-likeness (QED) is 0.584. The highest BCUT2D eigenvalue weighted by atomic mass is 19.4. The molecule has 0 bridgehead atoms. The van der Waals surface area contributed by atoms with Gasteiger partial charge in [0.05, 0.1) is 29.0 Å². The van der Waals surface area contributed by atoms with E-state index < -0.39 is 40.7 Å². The molecule has 4 rings (SSSR count). The highest BCUT2D eigenvalue weighted by molar-refractivity contribution is 5.77. The molecule has 1 unspecified atom stereocenters. The van der Waals surface area contributed by atoms with Gasteiger partial charge in [-0.1, -0.05) is 0 Å². The Morgan fingerprint density at radius 2 is 1.83 bits per heavy atom. The molecule has 1 fully saturated rings. The van der Waals surface area contributed by atoms with Gasteiger partial charge in [-0.3, -0.25) is 9.59 Å². The number of fused-ring (bicyclic) bond motifs is 1. The van der Waals surface area contributed by atoms with Crippen LogP contribution in [0.5, 0.6) is 0 Å². The molecular weight excluding hydrogens is 479 g/mol. The second-order valence-electron chi connectivity index (χ2n) is 8.61. The molecule has 14 heteroatoms. The van der Waals surface area contributed by atoms with Gasteiger partial charge >= 0.3 is 6.18 Å². The van der Waals surface area contributed by atoms with E-state index in [0.717, 1.165) is 12.4 Å². The van der Waals surface area contributed by atoms with Crippen LogP contribution < -0.4 is 15.8 Å². The number of amides is 1. The molecule has 35 heavy (non-hydrogen) atoms. The van der Waals surface area contributed by atoms with Crippen molar-refractivity contribution in [1.82, 2.24) is 25.5 Å². The van der Waals surface area contributed by atoms with Crippen molar-refractivity contribution in [3.05, 3.63) is 45.1 Å². The van der Waals surface area contributed by atoms with E-state index in [0.29, 0.717) is 39.3 Å². The molecule has 0 aromatic carbocycles. The average Bonchev–Trinajstić information content (AvgIpc) is 3.18. The van der Waals surface area contributed by atoms with Crippen LogP contribution in [0, 0.1) is 0 Å². The molecule has 2 aliphatic rings. The summed E-state index contributed by atoms with van der Waals surface area (Å²) in [6.45, 7) is 1.28. The Morgan fingerprint density at radius 3 is 2.43 bits per heavy atom. The first-order chi connectivity index (χ1) is 16.4. The van der Waals surface area contributed by atoms with Crippen LogP contribution in [0.4, 0.5) is 27.9 Å². The predicted octanol–water partition coefficient (Wildman–Crippen LogP) is 2.48. The Balaban J connectivity index is 1.27. The fourth-order valence-electron chi connectivity index (χ4n) is 4.35. The molecule has 190 valence electrons. The first-order valence-corrected chi connectivity index (χ1v) is 11.0. The molecule has 1 saturated heterocycles. The number of nitrogens with zero attached hydrogens (tertiary/aromatic N) is 4. The van der Waals surface area contributed by atoms with Gasteiger partial charge in [0.1, 0.15) is 6.61 Å². The van der Waals surface area contributed by atoms with Crippen LogP contribution in [0.2, 0.25) is 0 Å². The topological polar surface area (TPSA) is 113 Å². The third-order valence-corrected chi connectivity index (χ3v) is 6.04. The number of anilines is 1. The smallest absolute Gasteiger partial charge is 0.368 e. The van der Waals surface area contributed by atoms with Crippen molar-refractivity contribution in [3.8, 4) is 0 Å². The number of hydrogen-bond donors (Lipinski definition) is 2. The molecule has 9 nitrogen and oxygen atoms in total. The van der Waals surface area contributed by atoms with Gasteiger partial charge < -0.3 is 15.0 Å². The Morgan fingerprint density at radius 1 is 1.17 bits per heavy atom. The minimum Gasteiger partial charge on any atom is -0.368 e. The summed E-state index contributed by atoms with van der Waals surface area (Å²) in [7, 11) is 0. The Labute approximate surface area is 196 Å². The lowest BCUT2D eigenvalue weighted by Crippen LogP contribution is -2.40. The number of ether oxygens (including phenoxy) is 1. The van der Waals surface area contributed by atoms with Gasteiger partial charge in [0.2, 0.25) is 11.9 Å². The number of rotatable bonds is 6. The van der Waals surface area contributed by atoms with Gasteiger partial charge in [-0.05, 0) is 31.2 Å². The van der Waals surface area contributed by atoms with Gasteiger partial charge in [0.25, 0.3) is 11.5 Å². The van der Waals surface area contributed by atoms with Crippen molar-refractivity contribution in [3.63, 3.8) is 0 Å². The van der Waals surface area contributed by atoms with E-state index in [2.05, 4.69) is 25.5 Å². The zero-order valence-corrected chi connectivity index (χ0v) is 18.7. The van der Waals surface area contributed by atoms with Gasteiger partial charge in [0.15, 0.2) is 0 Å². The van der Waals surface area contributed by atoms with Gasteiger partial charge in [-0.25, -0.2) is 23.8 Å². The molecule has 0 saturated carbocycles. The fourth-order valence-corrected chi connectivity index (χ4v) is 4.35. The molecule has 1 atom stereocenters.